The zero-order valence-corrected chi connectivity index (χ0v) is 13.9. The predicted molar refractivity (Wildman–Crippen MR) is 89.4 cm³/mol. The fourth-order valence-electron chi connectivity index (χ4n) is 2.23. The number of rotatable bonds is 5. The number of benzene rings is 1. The molecule has 1 amide bonds. The van der Waals surface area contributed by atoms with E-state index in [4.69, 9.17) is 0 Å². The molecule has 2 rings (SSSR count). The Hall–Kier alpha value is -2.14. The molecule has 1 aromatic carbocycles. The minimum absolute atomic E-state index is 0.0185. The largest absolute Gasteiger partial charge is 0.322 e. The van der Waals surface area contributed by atoms with Crippen LogP contribution < -0.4 is 5.32 Å². The van der Waals surface area contributed by atoms with Crippen molar-refractivity contribution >= 4 is 11.6 Å². The number of aromatic nitrogens is 2. The summed E-state index contributed by atoms with van der Waals surface area (Å²) in [6.07, 6.45) is 0. The van der Waals surface area contributed by atoms with Crippen molar-refractivity contribution in [2.24, 2.45) is 0 Å². The first-order valence-electron chi connectivity index (χ1n) is 7.52. The summed E-state index contributed by atoms with van der Waals surface area (Å²) >= 11 is 0. The number of anilines is 1. The SMILES string of the molecule is Cc1nn(-c2ccccc2)c(C)c1NC(=O)CN(C)C(C)C. The molecule has 0 fully saturated rings. The minimum Gasteiger partial charge on any atom is -0.322 e. The van der Waals surface area contributed by atoms with Crippen LogP contribution in [0.3, 0.4) is 0 Å². The molecule has 0 radical (unpaired) electrons. The van der Waals surface area contributed by atoms with Crippen LogP contribution in [0.2, 0.25) is 0 Å². The Morgan fingerprint density at radius 2 is 1.91 bits per heavy atom. The van der Waals surface area contributed by atoms with Gasteiger partial charge < -0.3 is 5.32 Å². The molecule has 1 N–H and O–H groups in total. The monoisotopic (exact) mass is 300 g/mol. The third kappa shape index (κ3) is 3.54. The first kappa shape index (κ1) is 16.2. The van der Waals surface area contributed by atoms with E-state index >= 15 is 0 Å². The topological polar surface area (TPSA) is 50.2 Å². The van der Waals surface area contributed by atoms with E-state index in [0.29, 0.717) is 12.6 Å². The number of carbonyl (C=O) groups is 1. The highest BCUT2D eigenvalue weighted by Gasteiger charge is 2.16. The molecule has 5 nitrogen and oxygen atoms in total. The summed E-state index contributed by atoms with van der Waals surface area (Å²) in [6.45, 7) is 8.38. The average molecular weight is 300 g/mol. The second kappa shape index (κ2) is 6.75. The number of para-hydroxylation sites is 1. The molecule has 0 saturated carbocycles. The Bertz CT molecular complexity index is 646. The molecule has 2 aromatic rings. The molecule has 5 heteroatoms. The van der Waals surface area contributed by atoms with Crippen molar-refractivity contribution in [3.8, 4) is 5.69 Å². The third-order valence-corrected chi connectivity index (χ3v) is 3.83. The van der Waals surface area contributed by atoms with E-state index in [1.807, 2.05) is 60.8 Å². The lowest BCUT2D eigenvalue weighted by molar-refractivity contribution is -0.117. The molecular weight excluding hydrogens is 276 g/mol. The summed E-state index contributed by atoms with van der Waals surface area (Å²) in [7, 11) is 1.94. The van der Waals surface area contributed by atoms with E-state index in [2.05, 4.69) is 24.3 Å². The lowest BCUT2D eigenvalue weighted by Gasteiger charge is -2.20. The van der Waals surface area contributed by atoms with Crippen molar-refractivity contribution < 1.29 is 4.79 Å². The van der Waals surface area contributed by atoms with E-state index in [-0.39, 0.29) is 5.91 Å². The van der Waals surface area contributed by atoms with Gasteiger partial charge in [0.05, 0.1) is 29.3 Å². The summed E-state index contributed by atoms with van der Waals surface area (Å²) in [5, 5.41) is 7.53. The van der Waals surface area contributed by atoms with Gasteiger partial charge >= 0.3 is 0 Å². The van der Waals surface area contributed by atoms with Gasteiger partial charge in [0.1, 0.15) is 0 Å². The van der Waals surface area contributed by atoms with Gasteiger partial charge in [-0.3, -0.25) is 9.69 Å². The van der Waals surface area contributed by atoms with Gasteiger partial charge in [0.15, 0.2) is 0 Å². The van der Waals surface area contributed by atoms with Crippen LogP contribution in [0.4, 0.5) is 5.69 Å². The summed E-state index contributed by atoms with van der Waals surface area (Å²) in [5.41, 5.74) is 3.54. The minimum atomic E-state index is -0.0185. The van der Waals surface area contributed by atoms with E-state index in [1.54, 1.807) is 0 Å². The fraction of sp³-hybridized carbons (Fsp3) is 0.412. The molecule has 1 aromatic heterocycles. The molecule has 0 unspecified atom stereocenters. The van der Waals surface area contributed by atoms with Crippen LogP contribution >= 0.6 is 0 Å². The predicted octanol–water partition coefficient (Wildman–Crippen LogP) is 2.77. The molecule has 0 aliphatic carbocycles. The van der Waals surface area contributed by atoms with Crippen molar-refractivity contribution in [3.05, 3.63) is 41.7 Å². The van der Waals surface area contributed by atoms with Crippen molar-refractivity contribution in [3.63, 3.8) is 0 Å². The van der Waals surface area contributed by atoms with Crippen molar-refractivity contribution in [2.75, 3.05) is 18.9 Å². The normalized spacial score (nSPS) is 11.2. The Morgan fingerprint density at radius 3 is 2.50 bits per heavy atom. The Morgan fingerprint density at radius 1 is 1.27 bits per heavy atom. The van der Waals surface area contributed by atoms with E-state index in [1.165, 1.54) is 0 Å². The highest BCUT2D eigenvalue weighted by molar-refractivity contribution is 5.93. The fourth-order valence-corrected chi connectivity index (χ4v) is 2.23. The zero-order valence-electron chi connectivity index (χ0n) is 13.9. The van der Waals surface area contributed by atoms with Crippen molar-refractivity contribution in [2.45, 2.75) is 33.7 Å². The van der Waals surface area contributed by atoms with Gasteiger partial charge in [0.25, 0.3) is 0 Å². The van der Waals surface area contributed by atoms with Gasteiger partial charge in [0.2, 0.25) is 5.91 Å². The van der Waals surface area contributed by atoms with Crippen LogP contribution in [0.5, 0.6) is 0 Å². The van der Waals surface area contributed by atoms with Gasteiger partial charge in [-0.1, -0.05) is 18.2 Å². The highest BCUT2D eigenvalue weighted by Crippen LogP contribution is 2.22. The van der Waals surface area contributed by atoms with Crippen molar-refractivity contribution in [1.82, 2.24) is 14.7 Å². The maximum Gasteiger partial charge on any atom is 0.238 e. The highest BCUT2D eigenvalue weighted by atomic mass is 16.2. The number of carbonyl (C=O) groups excluding carboxylic acids is 1. The summed E-state index contributed by atoms with van der Waals surface area (Å²) in [6, 6.07) is 10.2. The van der Waals surface area contributed by atoms with Gasteiger partial charge in [-0.05, 0) is 46.9 Å². The van der Waals surface area contributed by atoms with Gasteiger partial charge in [-0.2, -0.15) is 5.10 Å². The Labute approximate surface area is 131 Å². The molecule has 0 saturated heterocycles. The molecular formula is C17H24N4O. The maximum absolute atomic E-state index is 12.2. The number of aryl methyl sites for hydroxylation is 1. The smallest absolute Gasteiger partial charge is 0.238 e. The molecule has 1 heterocycles. The standard InChI is InChI=1S/C17H24N4O/c1-12(2)20(5)11-16(22)18-17-13(3)19-21(14(17)4)15-9-7-6-8-10-15/h6-10,12H,11H2,1-5H3,(H,18,22). The average Bonchev–Trinajstić information content (AvgIpc) is 2.76. The van der Waals surface area contributed by atoms with E-state index in [0.717, 1.165) is 22.8 Å². The summed E-state index contributed by atoms with van der Waals surface area (Å²) < 4.78 is 1.86. The first-order chi connectivity index (χ1) is 10.4. The van der Waals surface area contributed by atoms with Gasteiger partial charge in [-0.15, -0.1) is 0 Å². The van der Waals surface area contributed by atoms with Crippen LogP contribution in [0.25, 0.3) is 5.69 Å². The maximum atomic E-state index is 12.2. The molecule has 22 heavy (non-hydrogen) atoms. The number of nitrogens with one attached hydrogen (secondary N) is 1. The van der Waals surface area contributed by atoms with E-state index in [9.17, 15) is 4.79 Å². The summed E-state index contributed by atoms with van der Waals surface area (Å²) in [4.78, 5) is 14.2. The lowest BCUT2D eigenvalue weighted by Crippen LogP contribution is -2.34. The second-order valence-corrected chi connectivity index (χ2v) is 5.85. The van der Waals surface area contributed by atoms with Crippen LogP contribution in [-0.4, -0.2) is 40.2 Å². The molecule has 118 valence electrons. The lowest BCUT2D eigenvalue weighted by atomic mass is 10.3. The quantitative estimate of drug-likeness (QED) is 0.923. The number of nitrogens with zero attached hydrogens (tertiary/aromatic N) is 3. The molecule has 0 aliphatic rings. The molecule has 0 aliphatic heterocycles. The first-order valence-corrected chi connectivity index (χ1v) is 7.52. The molecule has 0 bridgehead atoms. The van der Waals surface area contributed by atoms with Gasteiger partial charge in [-0.25, -0.2) is 4.68 Å². The molecule has 0 atom stereocenters. The zero-order chi connectivity index (χ0) is 16.3. The second-order valence-electron chi connectivity index (χ2n) is 5.85. The van der Waals surface area contributed by atoms with Gasteiger partial charge in [0, 0.05) is 6.04 Å². The van der Waals surface area contributed by atoms with Crippen LogP contribution in [0, 0.1) is 13.8 Å². The van der Waals surface area contributed by atoms with Crippen LogP contribution in [-0.2, 0) is 4.79 Å². The van der Waals surface area contributed by atoms with Crippen LogP contribution in [0.1, 0.15) is 25.2 Å². The Balaban J connectivity index is 2.19. The number of hydrogen-bond donors (Lipinski definition) is 1. The molecule has 0 spiro atoms. The number of likely N-dealkylation sites (N-methyl/N-ethyl adjacent to an activating group) is 1. The van der Waals surface area contributed by atoms with Crippen molar-refractivity contribution in [1.29, 1.82) is 0 Å². The Kier molecular flexibility index (Phi) is 4.98. The number of amides is 1. The van der Waals surface area contributed by atoms with Crippen LogP contribution in [0.15, 0.2) is 30.3 Å². The number of hydrogen-bond acceptors (Lipinski definition) is 3. The summed E-state index contributed by atoms with van der Waals surface area (Å²) in [5.74, 6) is -0.0185. The van der Waals surface area contributed by atoms with E-state index < -0.39 is 0 Å². The third-order valence-electron chi connectivity index (χ3n) is 3.83.